The van der Waals surface area contributed by atoms with Crippen molar-refractivity contribution >= 4 is 5.96 Å². The second-order valence-corrected chi connectivity index (χ2v) is 5.06. The van der Waals surface area contributed by atoms with Gasteiger partial charge in [0.2, 0.25) is 5.76 Å². The highest BCUT2D eigenvalue weighted by molar-refractivity contribution is 5.80. The molecule has 2 N–H and O–H groups in total. The lowest BCUT2D eigenvalue weighted by molar-refractivity contribution is 0.127. The molecule has 0 aromatic carbocycles. The van der Waals surface area contributed by atoms with Gasteiger partial charge in [-0.25, -0.2) is 4.39 Å². The van der Waals surface area contributed by atoms with Crippen LogP contribution in [0.5, 0.6) is 0 Å². The Labute approximate surface area is 131 Å². The number of nitrogens with zero attached hydrogens (tertiary/aromatic N) is 4. The van der Waals surface area contributed by atoms with Gasteiger partial charge < -0.3 is 20.3 Å². The predicted molar refractivity (Wildman–Crippen MR) is 84.4 cm³/mol. The first kappa shape index (κ1) is 18.0. The highest BCUT2D eigenvalue weighted by Gasteiger charge is 2.22. The Morgan fingerprint density at radius 3 is 2.73 bits per heavy atom. The van der Waals surface area contributed by atoms with E-state index in [1.807, 2.05) is 6.92 Å². The van der Waals surface area contributed by atoms with Crippen LogP contribution in [0.3, 0.4) is 0 Å². The molecule has 22 heavy (non-hydrogen) atoms. The van der Waals surface area contributed by atoms with Crippen molar-refractivity contribution in [3.05, 3.63) is 24.2 Å². The van der Waals surface area contributed by atoms with E-state index >= 15 is 0 Å². The van der Waals surface area contributed by atoms with Gasteiger partial charge in [-0.3, -0.25) is 4.99 Å². The van der Waals surface area contributed by atoms with E-state index in [0.717, 1.165) is 38.0 Å². The minimum Gasteiger partial charge on any atom is -0.460 e. The maximum atomic E-state index is 13.3. The molecule has 0 spiro atoms. The Bertz CT molecular complexity index is 475. The fourth-order valence-corrected chi connectivity index (χ4v) is 2.17. The standard InChI is InChI=1S/C15H24FN5O/c1-4-13(16)14(10-17)22-11-20(3)15(19-5-2)21-8-6-12(18)7-9-21/h4,12H,1,5-9,11,18H2,2-3H3/b14-13+,19-15?. The number of ether oxygens (including phenoxy) is 1. The topological polar surface area (TPSA) is 77.9 Å². The Morgan fingerprint density at radius 1 is 1.59 bits per heavy atom. The third kappa shape index (κ3) is 5.04. The number of likely N-dealkylation sites (tertiary alicyclic amines) is 1. The van der Waals surface area contributed by atoms with Crippen LogP contribution >= 0.6 is 0 Å². The van der Waals surface area contributed by atoms with Gasteiger partial charge in [0, 0.05) is 32.7 Å². The molecular weight excluding hydrogens is 285 g/mol. The van der Waals surface area contributed by atoms with Crippen LogP contribution in [-0.4, -0.2) is 55.2 Å². The molecule has 122 valence electrons. The lowest BCUT2D eigenvalue weighted by atomic mass is 10.1. The number of aliphatic imine (C=N–C) groups is 1. The number of rotatable bonds is 5. The van der Waals surface area contributed by atoms with E-state index in [-0.39, 0.29) is 18.5 Å². The summed E-state index contributed by atoms with van der Waals surface area (Å²) >= 11 is 0. The van der Waals surface area contributed by atoms with Crippen LogP contribution in [0.15, 0.2) is 29.2 Å². The molecule has 1 aliphatic heterocycles. The second-order valence-electron chi connectivity index (χ2n) is 5.06. The molecule has 1 heterocycles. The Balaban J connectivity index is 2.70. The Morgan fingerprint density at radius 2 is 2.23 bits per heavy atom. The van der Waals surface area contributed by atoms with Gasteiger partial charge >= 0.3 is 0 Å². The molecule has 1 fully saturated rings. The molecule has 0 aromatic rings. The molecule has 0 saturated carbocycles. The summed E-state index contributed by atoms with van der Waals surface area (Å²) in [5.74, 6) is -0.377. The van der Waals surface area contributed by atoms with E-state index < -0.39 is 5.83 Å². The Kier molecular flexibility index (Phi) is 7.40. The summed E-state index contributed by atoms with van der Waals surface area (Å²) < 4.78 is 18.5. The lowest BCUT2D eigenvalue weighted by Gasteiger charge is -2.36. The summed E-state index contributed by atoms with van der Waals surface area (Å²) in [6.07, 6.45) is 2.77. The van der Waals surface area contributed by atoms with Gasteiger partial charge in [0.25, 0.3) is 0 Å². The number of allylic oxidation sites excluding steroid dienone is 3. The molecule has 1 aliphatic rings. The average molecular weight is 309 g/mol. The molecule has 0 radical (unpaired) electrons. The van der Waals surface area contributed by atoms with Crippen molar-refractivity contribution in [1.82, 2.24) is 9.80 Å². The number of nitriles is 1. The van der Waals surface area contributed by atoms with Crippen molar-refractivity contribution in [2.75, 3.05) is 33.4 Å². The fourth-order valence-electron chi connectivity index (χ4n) is 2.17. The molecule has 6 nitrogen and oxygen atoms in total. The number of halogens is 1. The van der Waals surface area contributed by atoms with Crippen molar-refractivity contribution in [3.8, 4) is 6.07 Å². The number of nitrogens with two attached hydrogens (primary N) is 1. The first-order valence-corrected chi connectivity index (χ1v) is 7.34. The van der Waals surface area contributed by atoms with Crippen LogP contribution in [0, 0.1) is 11.3 Å². The SMILES string of the molecule is C=C/C(F)=C(/C#N)OCN(C)C(=NCC)N1CCC(N)CC1. The first-order valence-electron chi connectivity index (χ1n) is 7.34. The van der Waals surface area contributed by atoms with Gasteiger partial charge in [0.1, 0.15) is 6.07 Å². The highest BCUT2D eigenvalue weighted by Crippen LogP contribution is 2.12. The van der Waals surface area contributed by atoms with Gasteiger partial charge in [0.05, 0.1) is 0 Å². The fraction of sp³-hybridized carbons (Fsp3) is 0.600. The largest absolute Gasteiger partial charge is 0.460 e. The molecule has 7 heteroatoms. The smallest absolute Gasteiger partial charge is 0.235 e. The third-order valence-corrected chi connectivity index (χ3v) is 3.36. The van der Waals surface area contributed by atoms with Crippen molar-refractivity contribution in [2.45, 2.75) is 25.8 Å². The van der Waals surface area contributed by atoms with Crippen molar-refractivity contribution in [2.24, 2.45) is 10.7 Å². The number of hydrogen-bond donors (Lipinski definition) is 1. The Hall–Kier alpha value is -2.07. The molecule has 0 unspecified atom stereocenters. The van der Waals surface area contributed by atoms with Gasteiger partial charge in [-0.2, -0.15) is 5.26 Å². The van der Waals surface area contributed by atoms with Crippen LogP contribution in [0.1, 0.15) is 19.8 Å². The minimum absolute atomic E-state index is 0.0333. The van der Waals surface area contributed by atoms with Crippen molar-refractivity contribution < 1.29 is 9.13 Å². The first-order chi connectivity index (χ1) is 10.5. The van der Waals surface area contributed by atoms with E-state index in [0.29, 0.717) is 6.54 Å². The van der Waals surface area contributed by atoms with Crippen LogP contribution in [0.2, 0.25) is 0 Å². The van der Waals surface area contributed by atoms with E-state index in [2.05, 4.69) is 16.5 Å². The van der Waals surface area contributed by atoms with Crippen molar-refractivity contribution in [3.63, 3.8) is 0 Å². The highest BCUT2D eigenvalue weighted by atomic mass is 19.1. The van der Waals surface area contributed by atoms with Gasteiger partial charge in [-0.1, -0.05) is 6.58 Å². The normalized spacial score (nSPS) is 17.6. The zero-order chi connectivity index (χ0) is 16.5. The molecule has 0 aliphatic carbocycles. The van der Waals surface area contributed by atoms with Gasteiger partial charge in [-0.15, -0.1) is 0 Å². The van der Waals surface area contributed by atoms with Gasteiger partial charge in [-0.05, 0) is 25.8 Å². The molecule has 1 rings (SSSR count). The van der Waals surface area contributed by atoms with Crippen LogP contribution in [0.4, 0.5) is 4.39 Å². The second kappa shape index (κ2) is 9.05. The number of guanidine groups is 1. The van der Waals surface area contributed by atoms with E-state index in [1.165, 1.54) is 0 Å². The summed E-state index contributed by atoms with van der Waals surface area (Å²) in [6.45, 7) is 7.54. The number of hydrogen-bond acceptors (Lipinski definition) is 4. The molecule has 0 amide bonds. The third-order valence-electron chi connectivity index (χ3n) is 3.36. The van der Waals surface area contributed by atoms with Crippen LogP contribution < -0.4 is 5.73 Å². The molecule has 0 atom stereocenters. The van der Waals surface area contributed by atoms with Gasteiger partial charge in [0.15, 0.2) is 18.5 Å². The molecular formula is C15H24FN5O. The lowest BCUT2D eigenvalue weighted by Crippen LogP contribution is -2.49. The molecule has 0 aromatic heterocycles. The maximum Gasteiger partial charge on any atom is 0.235 e. The number of piperidine rings is 1. The molecule has 1 saturated heterocycles. The van der Waals surface area contributed by atoms with Crippen LogP contribution in [-0.2, 0) is 4.74 Å². The van der Waals surface area contributed by atoms with Crippen molar-refractivity contribution in [1.29, 1.82) is 5.26 Å². The summed E-state index contributed by atoms with van der Waals surface area (Å²) in [6, 6.07) is 1.91. The minimum atomic E-state index is -0.770. The van der Waals surface area contributed by atoms with E-state index in [4.69, 9.17) is 15.7 Å². The molecule has 0 bridgehead atoms. The van der Waals surface area contributed by atoms with E-state index in [1.54, 1.807) is 18.0 Å². The summed E-state index contributed by atoms with van der Waals surface area (Å²) in [7, 11) is 1.80. The monoisotopic (exact) mass is 309 g/mol. The zero-order valence-corrected chi connectivity index (χ0v) is 13.3. The van der Waals surface area contributed by atoms with E-state index in [9.17, 15) is 4.39 Å². The summed E-state index contributed by atoms with van der Waals surface area (Å²) in [4.78, 5) is 8.37. The average Bonchev–Trinajstić information content (AvgIpc) is 2.53. The maximum absolute atomic E-state index is 13.3. The summed E-state index contributed by atoms with van der Waals surface area (Å²) in [5, 5.41) is 8.87. The summed E-state index contributed by atoms with van der Waals surface area (Å²) in [5.41, 5.74) is 5.91. The van der Waals surface area contributed by atoms with Crippen LogP contribution in [0.25, 0.3) is 0 Å². The zero-order valence-electron chi connectivity index (χ0n) is 13.3. The quantitative estimate of drug-likeness (QED) is 0.208. The predicted octanol–water partition coefficient (Wildman–Crippen LogP) is 1.58.